The Morgan fingerprint density at radius 2 is 2.54 bits per heavy atom. The van der Waals surface area contributed by atoms with Gasteiger partial charge in [-0.1, -0.05) is 24.3 Å². The molecule has 0 aliphatic heterocycles. The second-order valence-corrected chi connectivity index (χ2v) is 3.21. The molecule has 0 aromatic carbocycles. The Balaban J connectivity index is 2.48. The lowest BCUT2D eigenvalue weighted by Crippen LogP contribution is -1.98. The molecule has 0 amide bonds. The molecule has 2 nitrogen and oxygen atoms in total. The zero-order valence-corrected chi connectivity index (χ0v) is 8.08. The molecular weight excluding hydrogens is 184 g/mol. The van der Waals surface area contributed by atoms with Crippen LogP contribution >= 0.6 is 12.6 Å². The zero-order chi connectivity index (χ0) is 9.68. The van der Waals surface area contributed by atoms with Crippen molar-refractivity contribution in [2.45, 2.75) is 6.42 Å². The van der Waals surface area contributed by atoms with E-state index in [4.69, 9.17) is 5.11 Å². The highest BCUT2D eigenvalue weighted by Crippen LogP contribution is 2.17. The van der Waals surface area contributed by atoms with Crippen LogP contribution in [0, 0.1) is 5.92 Å². The van der Waals surface area contributed by atoms with Crippen molar-refractivity contribution in [1.82, 2.24) is 0 Å². The van der Waals surface area contributed by atoms with Gasteiger partial charge in [-0.2, -0.15) is 12.6 Å². The van der Waals surface area contributed by atoms with Crippen molar-refractivity contribution in [2.75, 3.05) is 5.75 Å². The first-order chi connectivity index (χ1) is 6.22. The number of hydrogen-bond acceptors (Lipinski definition) is 2. The molecule has 0 aromatic rings. The maximum absolute atomic E-state index is 10.2. The van der Waals surface area contributed by atoms with Crippen molar-refractivity contribution in [3.05, 3.63) is 36.0 Å². The lowest BCUT2D eigenvalue weighted by Gasteiger charge is -2.10. The normalized spacial score (nSPS) is 21.9. The highest BCUT2D eigenvalue weighted by molar-refractivity contribution is 7.80. The Labute approximate surface area is 83.1 Å². The molecule has 1 unspecified atom stereocenters. The predicted octanol–water partition coefficient (Wildman–Crippen LogP) is 2.06. The molecule has 0 heterocycles. The SMILES string of the molecule is O=C(O)C=CC1C=CC(CS)=CC1. The Hall–Kier alpha value is -0.960. The number of aliphatic carboxylic acids is 1. The number of rotatable bonds is 3. The maximum atomic E-state index is 10.2. The Kier molecular flexibility index (Phi) is 3.83. The topological polar surface area (TPSA) is 37.3 Å². The molecule has 0 spiro atoms. The summed E-state index contributed by atoms with van der Waals surface area (Å²) in [5, 5.41) is 8.40. The van der Waals surface area contributed by atoms with Gasteiger partial charge in [-0.3, -0.25) is 0 Å². The molecule has 0 aromatic heterocycles. The smallest absolute Gasteiger partial charge is 0.327 e. The molecule has 1 rings (SSSR count). The predicted molar refractivity (Wildman–Crippen MR) is 56.0 cm³/mol. The fourth-order valence-corrected chi connectivity index (χ4v) is 1.38. The molecular formula is C10H12O2S. The van der Waals surface area contributed by atoms with Gasteiger partial charge in [0.15, 0.2) is 0 Å². The van der Waals surface area contributed by atoms with Gasteiger partial charge in [0, 0.05) is 11.8 Å². The van der Waals surface area contributed by atoms with E-state index in [-0.39, 0.29) is 5.92 Å². The largest absolute Gasteiger partial charge is 0.478 e. The van der Waals surface area contributed by atoms with E-state index in [1.807, 2.05) is 12.2 Å². The van der Waals surface area contributed by atoms with Crippen molar-refractivity contribution in [3.63, 3.8) is 0 Å². The van der Waals surface area contributed by atoms with E-state index in [1.165, 1.54) is 11.6 Å². The molecule has 0 fully saturated rings. The summed E-state index contributed by atoms with van der Waals surface area (Å²) in [6, 6.07) is 0. The van der Waals surface area contributed by atoms with E-state index in [1.54, 1.807) is 6.08 Å². The third kappa shape index (κ3) is 3.51. The number of carbonyl (C=O) groups is 1. The van der Waals surface area contributed by atoms with Crippen LogP contribution in [0.5, 0.6) is 0 Å². The summed E-state index contributed by atoms with van der Waals surface area (Å²) in [6.45, 7) is 0. The lowest BCUT2D eigenvalue weighted by atomic mass is 9.97. The van der Waals surface area contributed by atoms with Crippen LogP contribution in [0.4, 0.5) is 0 Å². The van der Waals surface area contributed by atoms with Crippen LogP contribution in [0.2, 0.25) is 0 Å². The molecule has 0 bridgehead atoms. The fraction of sp³-hybridized carbons (Fsp3) is 0.300. The number of carboxylic acid groups (broad SMARTS) is 1. The van der Waals surface area contributed by atoms with Gasteiger partial charge in [0.1, 0.15) is 0 Å². The first kappa shape index (κ1) is 10.1. The van der Waals surface area contributed by atoms with E-state index in [2.05, 4.69) is 18.7 Å². The minimum absolute atomic E-state index is 0.222. The second kappa shape index (κ2) is 4.92. The molecule has 1 N–H and O–H groups in total. The van der Waals surface area contributed by atoms with Gasteiger partial charge in [0.25, 0.3) is 0 Å². The van der Waals surface area contributed by atoms with Crippen LogP contribution in [0.25, 0.3) is 0 Å². The maximum Gasteiger partial charge on any atom is 0.327 e. The van der Waals surface area contributed by atoms with E-state index >= 15 is 0 Å². The van der Waals surface area contributed by atoms with Crippen LogP contribution < -0.4 is 0 Å². The molecule has 1 aliphatic rings. The van der Waals surface area contributed by atoms with Crippen LogP contribution in [0.1, 0.15) is 6.42 Å². The Morgan fingerprint density at radius 1 is 1.77 bits per heavy atom. The molecule has 0 saturated carbocycles. The van der Waals surface area contributed by atoms with Crippen molar-refractivity contribution in [2.24, 2.45) is 5.92 Å². The Morgan fingerprint density at radius 3 is 3.00 bits per heavy atom. The van der Waals surface area contributed by atoms with Crippen LogP contribution in [-0.2, 0) is 4.79 Å². The summed E-state index contributed by atoms with van der Waals surface area (Å²) >= 11 is 4.15. The summed E-state index contributed by atoms with van der Waals surface area (Å²) in [5.41, 5.74) is 1.20. The van der Waals surface area contributed by atoms with Gasteiger partial charge in [0.2, 0.25) is 0 Å². The highest BCUT2D eigenvalue weighted by atomic mass is 32.1. The summed E-state index contributed by atoms with van der Waals surface area (Å²) in [6.07, 6.45) is 9.84. The van der Waals surface area contributed by atoms with Crippen LogP contribution in [-0.4, -0.2) is 16.8 Å². The van der Waals surface area contributed by atoms with E-state index in [0.717, 1.165) is 12.2 Å². The third-order valence-electron chi connectivity index (χ3n) is 1.88. The minimum Gasteiger partial charge on any atom is -0.478 e. The molecule has 0 radical (unpaired) electrons. The van der Waals surface area contributed by atoms with Gasteiger partial charge in [-0.05, 0) is 17.9 Å². The third-order valence-corrected chi connectivity index (χ3v) is 2.24. The molecule has 3 heteroatoms. The van der Waals surface area contributed by atoms with Crippen molar-refractivity contribution in [3.8, 4) is 0 Å². The highest BCUT2D eigenvalue weighted by Gasteiger charge is 2.04. The van der Waals surface area contributed by atoms with E-state index in [0.29, 0.717) is 0 Å². The minimum atomic E-state index is -0.891. The van der Waals surface area contributed by atoms with Crippen LogP contribution in [0.15, 0.2) is 36.0 Å². The summed E-state index contributed by atoms with van der Waals surface area (Å²) in [4.78, 5) is 10.2. The fourth-order valence-electron chi connectivity index (χ4n) is 1.15. The van der Waals surface area contributed by atoms with Crippen molar-refractivity contribution >= 4 is 18.6 Å². The number of carboxylic acids is 1. The summed E-state index contributed by atoms with van der Waals surface area (Å²) in [5.74, 6) is 0.0726. The summed E-state index contributed by atoms with van der Waals surface area (Å²) in [7, 11) is 0. The van der Waals surface area contributed by atoms with Gasteiger partial charge in [-0.15, -0.1) is 0 Å². The van der Waals surface area contributed by atoms with Gasteiger partial charge >= 0.3 is 5.97 Å². The monoisotopic (exact) mass is 196 g/mol. The Bertz CT molecular complexity index is 277. The molecule has 70 valence electrons. The number of allylic oxidation sites excluding steroid dienone is 4. The standard InChI is InChI=1S/C10H12O2S/c11-10(12)6-5-8-1-3-9(7-13)4-2-8/h1,3-6,8,13H,2,7H2,(H,11,12). The quantitative estimate of drug-likeness (QED) is 0.535. The lowest BCUT2D eigenvalue weighted by molar-refractivity contribution is -0.131. The number of thiol groups is 1. The van der Waals surface area contributed by atoms with Crippen molar-refractivity contribution in [1.29, 1.82) is 0 Å². The zero-order valence-electron chi connectivity index (χ0n) is 7.18. The van der Waals surface area contributed by atoms with Gasteiger partial charge in [0.05, 0.1) is 0 Å². The van der Waals surface area contributed by atoms with E-state index in [9.17, 15) is 4.79 Å². The van der Waals surface area contributed by atoms with Crippen molar-refractivity contribution < 1.29 is 9.90 Å². The number of hydrogen-bond donors (Lipinski definition) is 2. The van der Waals surface area contributed by atoms with Gasteiger partial charge in [-0.25, -0.2) is 4.79 Å². The summed E-state index contributed by atoms with van der Waals surface area (Å²) < 4.78 is 0. The van der Waals surface area contributed by atoms with E-state index < -0.39 is 5.97 Å². The average Bonchev–Trinajstić information content (AvgIpc) is 2.15. The average molecular weight is 196 g/mol. The van der Waals surface area contributed by atoms with Gasteiger partial charge < -0.3 is 5.11 Å². The molecule has 1 atom stereocenters. The molecule has 1 aliphatic carbocycles. The molecule has 0 saturated heterocycles. The second-order valence-electron chi connectivity index (χ2n) is 2.89. The molecule has 13 heavy (non-hydrogen) atoms. The van der Waals surface area contributed by atoms with Crippen LogP contribution in [0.3, 0.4) is 0 Å². The first-order valence-electron chi connectivity index (χ1n) is 4.11. The first-order valence-corrected chi connectivity index (χ1v) is 4.75.